The molecule has 2 heteroatoms. The molecule has 0 bridgehead atoms. The van der Waals surface area contributed by atoms with Crippen molar-refractivity contribution in [2.24, 2.45) is 22.6 Å². The van der Waals surface area contributed by atoms with Crippen LogP contribution in [-0.2, 0) is 0 Å². The first kappa shape index (κ1) is 8.57. The van der Waals surface area contributed by atoms with Gasteiger partial charge in [-0.25, -0.2) is 0 Å². The van der Waals surface area contributed by atoms with Crippen LogP contribution in [0.15, 0.2) is 4.99 Å². The zero-order valence-electron chi connectivity index (χ0n) is 7.51. The highest BCUT2D eigenvalue weighted by molar-refractivity contribution is 5.82. The predicted molar refractivity (Wildman–Crippen MR) is 48.7 cm³/mol. The third kappa shape index (κ3) is 2.52. The summed E-state index contributed by atoms with van der Waals surface area (Å²) in [6, 6.07) is 0. The van der Waals surface area contributed by atoms with E-state index in [1.807, 2.05) is 0 Å². The Balaban J connectivity index is 2.21. The molecule has 1 rings (SSSR count). The molecule has 0 aliphatic heterocycles. The molecule has 1 saturated carbocycles. The van der Waals surface area contributed by atoms with Crippen molar-refractivity contribution in [2.75, 3.05) is 6.54 Å². The first-order valence-electron chi connectivity index (χ1n) is 4.50. The molecular weight excluding hydrogens is 136 g/mol. The lowest BCUT2D eigenvalue weighted by Crippen LogP contribution is -2.22. The Morgan fingerprint density at radius 2 is 2.18 bits per heavy atom. The van der Waals surface area contributed by atoms with Crippen LogP contribution in [0.1, 0.15) is 33.1 Å². The minimum atomic E-state index is 0.412. The summed E-state index contributed by atoms with van der Waals surface area (Å²) in [6.07, 6.45) is 4.10. The average Bonchev–Trinajstić information content (AvgIpc) is 1.83. The second kappa shape index (κ2) is 3.74. The molecule has 0 amide bonds. The van der Waals surface area contributed by atoms with Crippen LogP contribution in [0.25, 0.3) is 0 Å². The molecule has 0 heterocycles. The van der Waals surface area contributed by atoms with Crippen molar-refractivity contribution in [1.29, 1.82) is 0 Å². The van der Waals surface area contributed by atoms with Gasteiger partial charge in [0.2, 0.25) is 0 Å². The fourth-order valence-electron chi connectivity index (χ4n) is 1.09. The van der Waals surface area contributed by atoms with Gasteiger partial charge in [-0.3, -0.25) is 4.99 Å². The van der Waals surface area contributed by atoms with Gasteiger partial charge in [0.25, 0.3) is 0 Å². The largest absolute Gasteiger partial charge is 0.387 e. The molecule has 64 valence electrons. The van der Waals surface area contributed by atoms with E-state index in [0.29, 0.717) is 5.92 Å². The lowest BCUT2D eigenvalue weighted by molar-refractivity contribution is 0.326. The zero-order valence-corrected chi connectivity index (χ0v) is 7.51. The van der Waals surface area contributed by atoms with Crippen LogP contribution in [-0.4, -0.2) is 12.4 Å². The van der Waals surface area contributed by atoms with Crippen molar-refractivity contribution in [3.05, 3.63) is 0 Å². The maximum atomic E-state index is 5.69. The van der Waals surface area contributed by atoms with Gasteiger partial charge in [0.05, 0.1) is 5.84 Å². The summed E-state index contributed by atoms with van der Waals surface area (Å²) in [4.78, 5) is 4.34. The number of aliphatic imine (C=N–C) groups is 1. The normalized spacial score (nSPS) is 20.5. The summed E-state index contributed by atoms with van der Waals surface area (Å²) >= 11 is 0. The van der Waals surface area contributed by atoms with E-state index in [9.17, 15) is 0 Å². The quantitative estimate of drug-likeness (QED) is 0.488. The molecule has 0 unspecified atom stereocenters. The molecule has 1 fully saturated rings. The number of rotatable bonds is 3. The Kier molecular flexibility index (Phi) is 2.92. The summed E-state index contributed by atoms with van der Waals surface area (Å²) in [7, 11) is 0. The van der Waals surface area contributed by atoms with E-state index in [1.54, 1.807) is 0 Å². The smallest absolute Gasteiger partial charge is 0.0962 e. The van der Waals surface area contributed by atoms with E-state index in [4.69, 9.17) is 5.73 Å². The van der Waals surface area contributed by atoms with Gasteiger partial charge in [-0.2, -0.15) is 0 Å². The van der Waals surface area contributed by atoms with Crippen LogP contribution >= 0.6 is 0 Å². The summed E-state index contributed by atoms with van der Waals surface area (Å²) in [5.41, 5.74) is 5.69. The molecule has 1 aliphatic carbocycles. The van der Waals surface area contributed by atoms with Crippen molar-refractivity contribution in [1.82, 2.24) is 0 Å². The molecule has 11 heavy (non-hydrogen) atoms. The third-order valence-electron chi connectivity index (χ3n) is 2.35. The summed E-state index contributed by atoms with van der Waals surface area (Å²) < 4.78 is 0. The van der Waals surface area contributed by atoms with E-state index < -0.39 is 0 Å². The Labute approximate surface area is 68.9 Å². The number of nitrogens with two attached hydrogens (primary N) is 1. The van der Waals surface area contributed by atoms with Crippen LogP contribution in [0.3, 0.4) is 0 Å². The highest BCUT2D eigenvalue weighted by atomic mass is 14.9. The van der Waals surface area contributed by atoms with E-state index >= 15 is 0 Å². The molecule has 0 aromatic rings. The molecule has 0 saturated heterocycles. The predicted octanol–water partition coefficient (Wildman–Crippen LogP) is 1.80. The second-order valence-electron chi connectivity index (χ2n) is 3.72. The molecule has 0 spiro atoms. The molecule has 2 N–H and O–H groups in total. The first-order chi connectivity index (χ1) is 5.20. The van der Waals surface area contributed by atoms with Gasteiger partial charge in [-0.1, -0.05) is 20.3 Å². The maximum absolute atomic E-state index is 5.69. The van der Waals surface area contributed by atoms with Gasteiger partial charge >= 0.3 is 0 Å². The number of amidine groups is 1. The minimum absolute atomic E-state index is 0.412. The fraction of sp³-hybridized carbons (Fsp3) is 0.889. The van der Waals surface area contributed by atoms with Gasteiger partial charge < -0.3 is 5.73 Å². The molecule has 0 atom stereocenters. The third-order valence-corrected chi connectivity index (χ3v) is 2.35. The molecule has 0 aromatic heterocycles. The lowest BCUT2D eigenvalue weighted by atomic mass is 9.86. The SMILES string of the molecule is CC(C)C(N)=NCC1CCC1. The highest BCUT2D eigenvalue weighted by Crippen LogP contribution is 2.26. The summed E-state index contributed by atoms with van der Waals surface area (Å²) in [6.45, 7) is 5.13. The van der Waals surface area contributed by atoms with Crippen LogP contribution < -0.4 is 5.73 Å². The molecule has 2 nitrogen and oxygen atoms in total. The van der Waals surface area contributed by atoms with E-state index in [1.165, 1.54) is 19.3 Å². The van der Waals surface area contributed by atoms with Crippen LogP contribution in [0, 0.1) is 11.8 Å². The van der Waals surface area contributed by atoms with E-state index in [0.717, 1.165) is 18.3 Å². The topological polar surface area (TPSA) is 38.4 Å². The Morgan fingerprint density at radius 3 is 2.55 bits per heavy atom. The first-order valence-corrected chi connectivity index (χ1v) is 4.50. The van der Waals surface area contributed by atoms with E-state index in [-0.39, 0.29) is 0 Å². The van der Waals surface area contributed by atoms with Gasteiger partial charge in [-0.15, -0.1) is 0 Å². The Hall–Kier alpha value is -0.530. The molecular formula is C9H18N2. The second-order valence-corrected chi connectivity index (χ2v) is 3.72. The number of hydrogen-bond acceptors (Lipinski definition) is 1. The summed E-state index contributed by atoms with van der Waals surface area (Å²) in [5, 5.41) is 0. The molecule has 0 radical (unpaired) electrons. The van der Waals surface area contributed by atoms with Crippen molar-refractivity contribution in [3.63, 3.8) is 0 Å². The highest BCUT2D eigenvalue weighted by Gasteiger charge is 2.16. The number of hydrogen-bond donors (Lipinski definition) is 1. The van der Waals surface area contributed by atoms with Gasteiger partial charge in [0.15, 0.2) is 0 Å². The summed E-state index contributed by atoms with van der Waals surface area (Å²) in [5.74, 6) is 2.07. The minimum Gasteiger partial charge on any atom is -0.387 e. The van der Waals surface area contributed by atoms with Crippen molar-refractivity contribution in [3.8, 4) is 0 Å². The van der Waals surface area contributed by atoms with E-state index in [2.05, 4.69) is 18.8 Å². The van der Waals surface area contributed by atoms with Crippen molar-refractivity contribution in [2.45, 2.75) is 33.1 Å². The standard InChI is InChI=1S/C9H18N2/c1-7(2)9(10)11-6-8-4-3-5-8/h7-8H,3-6H2,1-2H3,(H2,10,11). The fourth-order valence-corrected chi connectivity index (χ4v) is 1.09. The number of nitrogens with zero attached hydrogens (tertiary/aromatic N) is 1. The Bertz CT molecular complexity index is 146. The van der Waals surface area contributed by atoms with Crippen LogP contribution in [0.2, 0.25) is 0 Å². The molecule has 1 aliphatic rings. The molecule has 0 aromatic carbocycles. The van der Waals surface area contributed by atoms with Gasteiger partial charge in [-0.05, 0) is 18.8 Å². The zero-order chi connectivity index (χ0) is 8.27. The van der Waals surface area contributed by atoms with Gasteiger partial charge in [0, 0.05) is 12.5 Å². The average molecular weight is 154 g/mol. The monoisotopic (exact) mass is 154 g/mol. The lowest BCUT2D eigenvalue weighted by Gasteiger charge is -2.23. The van der Waals surface area contributed by atoms with Crippen LogP contribution in [0.4, 0.5) is 0 Å². The maximum Gasteiger partial charge on any atom is 0.0962 e. The van der Waals surface area contributed by atoms with Gasteiger partial charge in [0.1, 0.15) is 0 Å². The van der Waals surface area contributed by atoms with Crippen LogP contribution in [0.5, 0.6) is 0 Å². The van der Waals surface area contributed by atoms with Crippen molar-refractivity contribution >= 4 is 5.84 Å². The Morgan fingerprint density at radius 1 is 1.55 bits per heavy atom. The van der Waals surface area contributed by atoms with Crippen molar-refractivity contribution < 1.29 is 0 Å².